The number of fused-ring (bicyclic) bond motifs is 1. The second-order valence-electron chi connectivity index (χ2n) is 3.57. The molecule has 86 valence electrons. The standard InChI is InChI=1S/C10H12BrN3O2/c11-2-1-8(15)9(16)6-3-7-5-13-14-10(7)12-4-6/h3-5,8-9,15-16H,1-2H2,(H,12,13,14). The van der Waals surface area contributed by atoms with E-state index >= 15 is 0 Å². The van der Waals surface area contributed by atoms with Gasteiger partial charge in [-0.05, 0) is 12.5 Å². The third kappa shape index (κ3) is 2.23. The van der Waals surface area contributed by atoms with Crippen LogP contribution in [0.15, 0.2) is 18.5 Å². The predicted octanol–water partition coefficient (Wildman–Crippen LogP) is 1.14. The van der Waals surface area contributed by atoms with Gasteiger partial charge in [0.15, 0.2) is 5.65 Å². The molecule has 0 fully saturated rings. The van der Waals surface area contributed by atoms with Crippen molar-refractivity contribution in [1.82, 2.24) is 15.2 Å². The van der Waals surface area contributed by atoms with Gasteiger partial charge in [0.2, 0.25) is 0 Å². The van der Waals surface area contributed by atoms with E-state index < -0.39 is 12.2 Å². The molecule has 6 heteroatoms. The van der Waals surface area contributed by atoms with Crippen molar-refractivity contribution >= 4 is 27.0 Å². The number of alkyl halides is 1. The summed E-state index contributed by atoms with van der Waals surface area (Å²) in [6.45, 7) is 0. The summed E-state index contributed by atoms with van der Waals surface area (Å²) in [5.74, 6) is 0. The van der Waals surface area contributed by atoms with Crippen molar-refractivity contribution in [2.24, 2.45) is 0 Å². The van der Waals surface area contributed by atoms with Crippen molar-refractivity contribution in [3.05, 3.63) is 24.0 Å². The first kappa shape index (κ1) is 11.5. The van der Waals surface area contributed by atoms with Crippen LogP contribution < -0.4 is 0 Å². The van der Waals surface area contributed by atoms with E-state index in [4.69, 9.17) is 0 Å². The third-order valence-corrected chi connectivity index (χ3v) is 2.88. The number of halogens is 1. The van der Waals surface area contributed by atoms with Crippen molar-refractivity contribution in [3.8, 4) is 0 Å². The summed E-state index contributed by atoms with van der Waals surface area (Å²) in [5, 5.41) is 27.6. The summed E-state index contributed by atoms with van der Waals surface area (Å²) < 4.78 is 0. The van der Waals surface area contributed by atoms with Crippen LogP contribution in [0.25, 0.3) is 11.0 Å². The molecule has 2 unspecified atom stereocenters. The Morgan fingerprint density at radius 1 is 1.38 bits per heavy atom. The van der Waals surface area contributed by atoms with E-state index in [1.807, 2.05) is 0 Å². The van der Waals surface area contributed by atoms with Crippen LogP contribution in [0.1, 0.15) is 18.1 Å². The summed E-state index contributed by atoms with van der Waals surface area (Å²) in [7, 11) is 0. The number of rotatable bonds is 4. The Bertz CT molecular complexity index is 474. The first-order valence-electron chi connectivity index (χ1n) is 4.93. The molecular weight excluding hydrogens is 274 g/mol. The van der Waals surface area contributed by atoms with Gasteiger partial charge in [-0.25, -0.2) is 4.98 Å². The molecule has 2 atom stereocenters. The van der Waals surface area contributed by atoms with Crippen LogP contribution in [-0.4, -0.2) is 36.8 Å². The maximum atomic E-state index is 9.88. The minimum Gasteiger partial charge on any atom is -0.390 e. The Kier molecular flexibility index (Phi) is 3.52. The highest BCUT2D eigenvalue weighted by molar-refractivity contribution is 9.09. The zero-order valence-corrected chi connectivity index (χ0v) is 10.1. The van der Waals surface area contributed by atoms with Gasteiger partial charge in [-0.2, -0.15) is 5.10 Å². The molecule has 0 aliphatic heterocycles. The third-order valence-electron chi connectivity index (χ3n) is 2.42. The normalized spacial score (nSPS) is 15.2. The van der Waals surface area contributed by atoms with Crippen LogP contribution in [0.4, 0.5) is 0 Å². The van der Waals surface area contributed by atoms with Gasteiger partial charge in [-0.1, -0.05) is 15.9 Å². The lowest BCUT2D eigenvalue weighted by Crippen LogP contribution is -2.18. The number of aliphatic hydroxyl groups is 2. The topological polar surface area (TPSA) is 82.0 Å². The number of nitrogens with one attached hydrogen (secondary N) is 1. The molecule has 0 saturated heterocycles. The molecule has 0 radical (unpaired) electrons. The van der Waals surface area contributed by atoms with Crippen LogP contribution in [0.5, 0.6) is 0 Å². The monoisotopic (exact) mass is 285 g/mol. The van der Waals surface area contributed by atoms with Gasteiger partial charge < -0.3 is 10.2 Å². The van der Waals surface area contributed by atoms with Crippen LogP contribution >= 0.6 is 15.9 Å². The van der Waals surface area contributed by atoms with E-state index in [0.717, 1.165) is 5.39 Å². The van der Waals surface area contributed by atoms with E-state index in [9.17, 15) is 10.2 Å². The summed E-state index contributed by atoms with van der Waals surface area (Å²) in [6.07, 6.45) is 1.97. The van der Waals surface area contributed by atoms with Gasteiger partial charge in [0.1, 0.15) is 6.10 Å². The molecule has 2 heterocycles. The summed E-state index contributed by atoms with van der Waals surface area (Å²) >= 11 is 3.22. The molecule has 2 aromatic rings. The SMILES string of the molecule is OC(CCBr)C(O)c1cnc2[nH]ncc2c1. The molecule has 2 aromatic heterocycles. The Hall–Kier alpha value is -0.980. The Balaban J connectivity index is 2.24. The number of aliphatic hydroxyl groups excluding tert-OH is 2. The van der Waals surface area contributed by atoms with Crippen molar-refractivity contribution < 1.29 is 10.2 Å². The molecule has 3 N–H and O–H groups in total. The summed E-state index contributed by atoms with van der Waals surface area (Å²) in [4.78, 5) is 4.10. The molecule has 5 nitrogen and oxygen atoms in total. The lowest BCUT2D eigenvalue weighted by molar-refractivity contribution is 0.0172. The number of hydrogen-bond acceptors (Lipinski definition) is 4. The molecule has 0 saturated carbocycles. The van der Waals surface area contributed by atoms with Gasteiger partial charge in [0.05, 0.1) is 12.3 Å². The van der Waals surface area contributed by atoms with Gasteiger partial charge in [-0.3, -0.25) is 5.10 Å². The van der Waals surface area contributed by atoms with Gasteiger partial charge in [-0.15, -0.1) is 0 Å². The second kappa shape index (κ2) is 4.90. The fourth-order valence-electron chi connectivity index (χ4n) is 1.51. The maximum Gasteiger partial charge on any atom is 0.155 e. The Morgan fingerprint density at radius 3 is 2.94 bits per heavy atom. The lowest BCUT2D eigenvalue weighted by Gasteiger charge is -2.16. The zero-order valence-electron chi connectivity index (χ0n) is 8.47. The van der Waals surface area contributed by atoms with Crippen molar-refractivity contribution in [2.45, 2.75) is 18.6 Å². The number of H-pyrrole nitrogens is 1. The zero-order chi connectivity index (χ0) is 11.5. The summed E-state index contributed by atoms with van der Waals surface area (Å²) in [6, 6.07) is 1.77. The molecule has 0 spiro atoms. The maximum absolute atomic E-state index is 9.88. The van der Waals surface area contributed by atoms with Gasteiger partial charge >= 0.3 is 0 Å². The Morgan fingerprint density at radius 2 is 2.19 bits per heavy atom. The predicted molar refractivity (Wildman–Crippen MR) is 63.3 cm³/mol. The van der Waals surface area contributed by atoms with Crippen LogP contribution in [-0.2, 0) is 0 Å². The van der Waals surface area contributed by atoms with E-state index in [1.165, 1.54) is 0 Å². The summed E-state index contributed by atoms with van der Waals surface area (Å²) in [5.41, 5.74) is 1.27. The quantitative estimate of drug-likeness (QED) is 0.736. The first-order chi connectivity index (χ1) is 7.72. The molecule has 0 aliphatic rings. The smallest absolute Gasteiger partial charge is 0.155 e. The highest BCUT2D eigenvalue weighted by Crippen LogP contribution is 2.21. The number of hydrogen-bond donors (Lipinski definition) is 3. The second-order valence-corrected chi connectivity index (χ2v) is 4.36. The van der Waals surface area contributed by atoms with E-state index in [-0.39, 0.29) is 0 Å². The average molecular weight is 286 g/mol. The van der Waals surface area contributed by atoms with Crippen molar-refractivity contribution in [2.75, 3.05) is 5.33 Å². The largest absolute Gasteiger partial charge is 0.390 e. The minimum absolute atomic E-state index is 0.491. The van der Waals surface area contributed by atoms with E-state index in [0.29, 0.717) is 23.0 Å². The lowest BCUT2D eigenvalue weighted by atomic mass is 10.0. The minimum atomic E-state index is -0.913. The van der Waals surface area contributed by atoms with Gasteiger partial charge in [0.25, 0.3) is 0 Å². The van der Waals surface area contributed by atoms with Crippen LogP contribution in [0, 0.1) is 0 Å². The number of pyridine rings is 1. The molecule has 2 rings (SSSR count). The van der Waals surface area contributed by atoms with Crippen molar-refractivity contribution in [3.63, 3.8) is 0 Å². The van der Waals surface area contributed by atoms with Crippen LogP contribution in [0.2, 0.25) is 0 Å². The van der Waals surface area contributed by atoms with Gasteiger partial charge in [0, 0.05) is 22.5 Å². The average Bonchev–Trinajstić information content (AvgIpc) is 2.75. The highest BCUT2D eigenvalue weighted by Gasteiger charge is 2.18. The molecular formula is C10H12BrN3O2. The number of aromatic nitrogens is 3. The number of aromatic amines is 1. The number of nitrogens with zero attached hydrogens (tertiary/aromatic N) is 2. The molecule has 0 aliphatic carbocycles. The molecule has 16 heavy (non-hydrogen) atoms. The molecule has 0 bridgehead atoms. The van der Waals surface area contributed by atoms with Crippen molar-refractivity contribution in [1.29, 1.82) is 0 Å². The van der Waals surface area contributed by atoms with E-state index in [2.05, 4.69) is 31.1 Å². The highest BCUT2D eigenvalue weighted by atomic mass is 79.9. The first-order valence-corrected chi connectivity index (χ1v) is 6.05. The molecule has 0 aromatic carbocycles. The van der Waals surface area contributed by atoms with E-state index in [1.54, 1.807) is 18.5 Å². The van der Waals surface area contributed by atoms with Crippen LogP contribution in [0.3, 0.4) is 0 Å². The fraction of sp³-hybridized carbons (Fsp3) is 0.400. The molecule has 0 amide bonds. The fourth-order valence-corrected chi connectivity index (χ4v) is 1.98. The Labute approximate surface area is 101 Å².